The summed E-state index contributed by atoms with van der Waals surface area (Å²) < 4.78 is 3.05. The standard InChI is InChI=1S/C15H12IN3O/c16-12-6-4-11(5-7-12)15(20)17-9-13-10-19-8-2-1-3-14(19)18-13/h1-8,10H,9H2,(H,17,20). The summed E-state index contributed by atoms with van der Waals surface area (Å²) in [7, 11) is 0. The highest BCUT2D eigenvalue weighted by atomic mass is 127. The van der Waals surface area contributed by atoms with Crippen LogP contribution in [0.2, 0.25) is 0 Å². The van der Waals surface area contributed by atoms with E-state index in [4.69, 9.17) is 0 Å². The molecule has 0 radical (unpaired) electrons. The Morgan fingerprint density at radius 2 is 2.00 bits per heavy atom. The van der Waals surface area contributed by atoms with Gasteiger partial charge in [0.2, 0.25) is 0 Å². The van der Waals surface area contributed by atoms with E-state index in [1.54, 1.807) is 0 Å². The third kappa shape index (κ3) is 2.82. The van der Waals surface area contributed by atoms with Crippen LogP contribution in [0.4, 0.5) is 0 Å². The van der Waals surface area contributed by atoms with Gasteiger partial charge in [-0.1, -0.05) is 6.07 Å². The molecule has 0 saturated heterocycles. The minimum atomic E-state index is -0.0848. The molecule has 2 aromatic heterocycles. The first kappa shape index (κ1) is 13.1. The number of fused-ring (bicyclic) bond motifs is 1. The highest BCUT2D eigenvalue weighted by Crippen LogP contribution is 2.08. The van der Waals surface area contributed by atoms with Crippen molar-refractivity contribution in [2.75, 3.05) is 0 Å². The predicted octanol–water partition coefficient (Wildman–Crippen LogP) is 2.87. The first-order valence-corrected chi connectivity index (χ1v) is 7.26. The van der Waals surface area contributed by atoms with Crippen molar-refractivity contribution in [2.24, 2.45) is 0 Å². The third-order valence-corrected chi connectivity index (χ3v) is 3.67. The highest BCUT2D eigenvalue weighted by Gasteiger charge is 2.06. The Labute approximate surface area is 130 Å². The lowest BCUT2D eigenvalue weighted by Crippen LogP contribution is -2.22. The van der Waals surface area contributed by atoms with Gasteiger partial charge in [-0.2, -0.15) is 0 Å². The molecule has 4 nitrogen and oxygen atoms in total. The molecule has 0 bridgehead atoms. The van der Waals surface area contributed by atoms with Crippen molar-refractivity contribution in [2.45, 2.75) is 6.54 Å². The largest absolute Gasteiger partial charge is 0.346 e. The Kier molecular flexibility index (Phi) is 3.68. The average Bonchev–Trinajstić information content (AvgIpc) is 2.88. The molecule has 2 heterocycles. The summed E-state index contributed by atoms with van der Waals surface area (Å²) in [6, 6.07) is 13.3. The number of nitrogens with one attached hydrogen (secondary N) is 1. The zero-order chi connectivity index (χ0) is 13.9. The molecule has 1 N–H and O–H groups in total. The van der Waals surface area contributed by atoms with Crippen molar-refractivity contribution in [1.82, 2.24) is 14.7 Å². The summed E-state index contributed by atoms with van der Waals surface area (Å²) in [6.45, 7) is 0.423. The van der Waals surface area contributed by atoms with E-state index in [-0.39, 0.29) is 5.91 Å². The summed E-state index contributed by atoms with van der Waals surface area (Å²) in [5.41, 5.74) is 2.38. The van der Waals surface area contributed by atoms with Crippen molar-refractivity contribution >= 4 is 34.1 Å². The van der Waals surface area contributed by atoms with Crippen molar-refractivity contribution in [3.8, 4) is 0 Å². The molecule has 1 amide bonds. The van der Waals surface area contributed by atoms with Crippen molar-refractivity contribution in [3.63, 3.8) is 0 Å². The van der Waals surface area contributed by atoms with Crippen molar-refractivity contribution < 1.29 is 4.79 Å². The molecule has 5 heteroatoms. The number of nitrogens with zero attached hydrogens (tertiary/aromatic N) is 2. The van der Waals surface area contributed by atoms with Gasteiger partial charge in [-0.25, -0.2) is 4.98 Å². The number of halogens is 1. The van der Waals surface area contributed by atoms with E-state index < -0.39 is 0 Å². The first-order chi connectivity index (χ1) is 9.72. The highest BCUT2D eigenvalue weighted by molar-refractivity contribution is 14.1. The number of aromatic nitrogens is 2. The van der Waals surface area contributed by atoms with E-state index in [9.17, 15) is 4.79 Å². The maximum atomic E-state index is 12.0. The molecule has 1 aromatic carbocycles. The van der Waals surface area contributed by atoms with Crippen LogP contribution in [0, 0.1) is 3.57 Å². The van der Waals surface area contributed by atoms with Crippen LogP contribution in [0.15, 0.2) is 54.9 Å². The molecule has 0 aliphatic rings. The van der Waals surface area contributed by atoms with E-state index in [2.05, 4.69) is 32.9 Å². The van der Waals surface area contributed by atoms with Gasteiger partial charge >= 0.3 is 0 Å². The summed E-state index contributed by atoms with van der Waals surface area (Å²) >= 11 is 2.21. The molecule has 0 spiro atoms. The lowest BCUT2D eigenvalue weighted by Gasteiger charge is -2.03. The predicted molar refractivity (Wildman–Crippen MR) is 85.5 cm³/mol. The second kappa shape index (κ2) is 5.62. The van der Waals surface area contributed by atoms with Gasteiger partial charge in [-0.05, 0) is 59.0 Å². The van der Waals surface area contributed by atoms with Gasteiger partial charge in [0.05, 0.1) is 12.2 Å². The normalized spacial score (nSPS) is 10.7. The van der Waals surface area contributed by atoms with Crippen molar-refractivity contribution in [3.05, 3.63) is 69.7 Å². The van der Waals surface area contributed by atoms with Gasteiger partial charge in [-0.3, -0.25) is 4.79 Å². The van der Waals surface area contributed by atoms with Crippen LogP contribution in [0.25, 0.3) is 5.65 Å². The molecule has 0 aliphatic carbocycles. The van der Waals surface area contributed by atoms with Crippen LogP contribution < -0.4 is 5.32 Å². The Balaban J connectivity index is 1.69. The molecule has 3 rings (SSSR count). The smallest absolute Gasteiger partial charge is 0.251 e. The monoisotopic (exact) mass is 377 g/mol. The van der Waals surface area contributed by atoms with E-state index in [0.717, 1.165) is 14.9 Å². The lowest BCUT2D eigenvalue weighted by molar-refractivity contribution is 0.0950. The molecule has 100 valence electrons. The summed E-state index contributed by atoms with van der Waals surface area (Å²) in [5.74, 6) is -0.0848. The van der Waals surface area contributed by atoms with Crippen LogP contribution in [0.3, 0.4) is 0 Å². The molecule has 0 fully saturated rings. The van der Waals surface area contributed by atoms with Gasteiger partial charge in [0, 0.05) is 21.5 Å². The molecular weight excluding hydrogens is 365 g/mol. The molecule has 0 unspecified atom stereocenters. The van der Waals surface area contributed by atoms with Gasteiger partial charge in [0.1, 0.15) is 5.65 Å². The number of carbonyl (C=O) groups is 1. The number of hydrogen-bond acceptors (Lipinski definition) is 2. The van der Waals surface area contributed by atoms with Gasteiger partial charge in [0.15, 0.2) is 0 Å². The van der Waals surface area contributed by atoms with E-state index in [0.29, 0.717) is 12.1 Å². The van der Waals surface area contributed by atoms with E-state index >= 15 is 0 Å². The minimum absolute atomic E-state index is 0.0848. The fourth-order valence-corrected chi connectivity index (χ4v) is 2.31. The molecular formula is C15H12IN3O. The fourth-order valence-electron chi connectivity index (χ4n) is 1.95. The van der Waals surface area contributed by atoms with Crippen LogP contribution in [0.5, 0.6) is 0 Å². The number of carbonyl (C=O) groups excluding carboxylic acids is 1. The maximum absolute atomic E-state index is 12.0. The molecule has 3 aromatic rings. The Hall–Kier alpha value is -1.89. The Morgan fingerprint density at radius 3 is 2.75 bits per heavy atom. The fraction of sp³-hybridized carbons (Fsp3) is 0.0667. The van der Waals surface area contributed by atoms with E-state index in [1.165, 1.54) is 0 Å². The summed E-state index contributed by atoms with van der Waals surface area (Å²) in [5, 5.41) is 2.88. The third-order valence-electron chi connectivity index (χ3n) is 2.95. The van der Waals surface area contributed by atoms with Crippen LogP contribution in [-0.2, 0) is 6.54 Å². The summed E-state index contributed by atoms with van der Waals surface area (Å²) in [6.07, 6.45) is 3.86. The quantitative estimate of drug-likeness (QED) is 0.714. The molecule has 0 aliphatic heterocycles. The minimum Gasteiger partial charge on any atom is -0.346 e. The summed E-state index contributed by atoms with van der Waals surface area (Å²) in [4.78, 5) is 16.4. The molecule has 20 heavy (non-hydrogen) atoms. The van der Waals surface area contributed by atoms with Crippen molar-refractivity contribution in [1.29, 1.82) is 0 Å². The average molecular weight is 377 g/mol. The maximum Gasteiger partial charge on any atom is 0.251 e. The van der Waals surface area contributed by atoms with Gasteiger partial charge in [0.25, 0.3) is 5.91 Å². The first-order valence-electron chi connectivity index (χ1n) is 6.19. The zero-order valence-electron chi connectivity index (χ0n) is 10.6. The number of benzene rings is 1. The number of amides is 1. The Bertz CT molecular complexity index is 716. The topological polar surface area (TPSA) is 46.4 Å². The SMILES string of the molecule is O=C(NCc1cn2ccccc2n1)c1ccc(I)cc1. The second-order valence-corrected chi connectivity index (χ2v) is 5.63. The second-order valence-electron chi connectivity index (χ2n) is 4.39. The lowest BCUT2D eigenvalue weighted by atomic mass is 10.2. The Morgan fingerprint density at radius 1 is 1.20 bits per heavy atom. The van der Waals surface area contributed by atoms with Gasteiger partial charge in [-0.15, -0.1) is 0 Å². The van der Waals surface area contributed by atoms with Crippen LogP contribution in [0.1, 0.15) is 16.1 Å². The number of pyridine rings is 1. The zero-order valence-corrected chi connectivity index (χ0v) is 12.7. The van der Waals surface area contributed by atoms with Crippen LogP contribution >= 0.6 is 22.6 Å². The molecule has 0 saturated carbocycles. The number of hydrogen-bond donors (Lipinski definition) is 1. The van der Waals surface area contributed by atoms with Gasteiger partial charge < -0.3 is 9.72 Å². The number of rotatable bonds is 3. The van der Waals surface area contributed by atoms with Crippen LogP contribution in [-0.4, -0.2) is 15.3 Å². The number of imidazole rings is 1. The molecule has 0 atom stereocenters. The van der Waals surface area contributed by atoms with E-state index in [1.807, 2.05) is 59.3 Å².